The van der Waals surface area contributed by atoms with Gasteiger partial charge in [0.15, 0.2) is 0 Å². The molecule has 0 spiro atoms. The predicted octanol–water partition coefficient (Wildman–Crippen LogP) is 12.6. The van der Waals surface area contributed by atoms with Crippen molar-refractivity contribution >= 4 is 27.9 Å². The van der Waals surface area contributed by atoms with Crippen LogP contribution in [0.5, 0.6) is 0 Å². The number of ether oxygens (including phenoxy) is 1. The first-order chi connectivity index (χ1) is 23.3. The fourth-order valence-corrected chi connectivity index (χ4v) is 13.9. The quantitative estimate of drug-likeness (QED) is 0.100. The number of nitrogens with zero attached hydrogens (tertiary/aromatic N) is 3. The van der Waals surface area contributed by atoms with E-state index >= 15 is 0 Å². The third-order valence-corrected chi connectivity index (χ3v) is 16.0. The molecular formula is C43H61N3OSi2. The molecule has 3 heterocycles. The van der Waals surface area contributed by atoms with Gasteiger partial charge < -0.3 is 9.64 Å². The zero-order valence-electron chi connectivity index (χ0n) is 31.7. The Morgan fingerprint density at radius 1 is 0.918 bits per heavy atom. The van der Waals surface area contributed by atoms with Crippen LogP contribution in [0.25, 0.3) is 10.9 Å². The van der Waals surface area contributed by atoms with Gasteiger partial charge in [-0.25, -0.2) is 10.1 Å². The largest absolute Gasteiger partial charge is 0.461 e. The van der Waals surface area contributed by atoms with Gasteiger partial charge in [0.1, 0.15) is 11.5 Å². The van der Waals surface area contributed by atoms with Gasteiger partial charge in [-0.05, 0) is 128 Å². The van der Waals surface area contributed by atoms with E-state index in [1.165, 1.54) is 88.5 Å². The summed E-state index contributed by atoms with van der Waals surface area (Å²) in [5.41, 5.74) is 7.39. The number of unbranched alkanes of at least 4 members (excludes halogenated alkanes) is 2. The second kappa shape index (κ2) is 14.1. The number of benzene rings is 1. The summed E-state index contributed by atoms with van der Waals surface area (Å²) in [7, 11) is -2.51. The maximum Gasteiger partial charge on any atom is 0.269 e. The Kier molecular flexibility index (Phi) is 10.3. The summed E-state index contributed by atoms with van der Waals surface area (Å²) < 4.78 is 6.83. The summed E-state index contributed by atoms with van der Waals surface area (Å²) in [4.78, 5) is 6.34. The zero-order valence-corrected chi connectivity index (χ0v) is 33.7. The lowest BCUT2D eigenvalue weighted by Crippen LogP contribution is -2.43. The first-order valence-corrected chi connectivity index (χ1v) is 26.9. The van der Waals surface area contributed by atoms with E-state index in [1.54, 1.807) is 16.8 Å². The van der Waals surface area contributed by atoms with Crippen LogP contribution in [0.15, 0.2) is 53.1 Å². The van der Waals surface area contributed by atoms with Crippen LogP contribution < -0.4 is 4.90 Å². The first kappa shape index (κ1) is 36.0. The minimum absolute atomic E-state index is 0.0152. The summed E-state index contributed by atoms with van der Waals surface area (Å²) in [6, 6.07) is 9.85. The number of fused-ring (bicyclic) bond motifs is 3. The molecule has 2 unspecified atom stereocenters. The second-order valence-corrected chi connectivity index (χ2v) is 29.9. The fourth-order valence-electron chi connectivity index (χ4n) is 10.1. The van der Waals surface area contributed by atoms with E-state index in [4.69, 9.17) is 11.3 Å². The summed E-state index contributed by atoms with van der Waals surface area (Å²) >= 11 is 0. The van der Waals surface area contributed by atoms with Gasteiger partial charge in [-0.2, -0.15) is 0 Å². The molecule has 2 atom stereocenters. The molecule has 0 radical (unpaired) electrons. The van der Waals surface area contributed by atoms with Crippen molar-refractivity contribution in [1.29, 1.82) is 5.26 Å². The van der Waals surface area contributed by atoms with Crippen LogP contribution in [-0.4, -0.2) is 29.2 Å². The number of allylic oxidation sites excluding steroid dienone is 6. The number of hydrogen-bond acceptors (Lipinski definition) is 3. The van der Waals surface area contributed by atoms with Crippen molar-refractivity contribution in [2.75, 3.05) is 18.0 Å². The average Bonchev–Trinajstić information content (AvgIpc) is 3.06. The van der Waals surface area contributed by atoms with Crippen molar-refractivity contribution in [1.82, 2.24) is 0 Å². The van der Waals surface area contributed by atoms with E-state index in [0.717, 1.165) is 30.8 Å². The maximum atomic E-state index is 9.91. The van der Waals surface area contributed by atoms with Gasteiger partial charge >= 0.3 is 0 Å². The average molecular weight is 692 g/mol. The van der Waals surface area contributed by atoms with E-state index in [-0.39, 0.29) is 11.1 Å². The third kappa shape index (κ3) is 7.92. The summed E-state index contributed by atoms with van der Waals surface area (Å²) in [6.45, 7) is 27.6. The van der Waals surface area contributed by atoms with E-state index in [9.17, 15) is 5.26 Å². The molecule has 3 saturated carbocycles. The molecule has 1 aromatic carbocycles. The van der Waals surface area contributed by atoms with Gasteiger partial charge in [0.05, 0.1) is 12.6 Å². The Morgan fingerprint density at radius 2 is 1.51 bits per heavy atom. The van der Waals surface area contributed by atoms with Crippen LogP contribution in [0.4, 0.5) is 5.69 Å². The Hall–Kier alpha value is -2.81. The molecule has 262 valence electrons. The number of hydrogen-bond donors (Lipinski definition) is 0. The van der Waals surface area contributed by atoms with Gasteiger partial charge in [-0.1, -0.05) is 83.6 Å². The molecule has 3 aliphatic heterocycles. The molecule has 6 heteroatoms. The topological polar surface area (TPSA) is 40.6 Å². The second-order valence-electron chi connectivity index (χ2n) is 18.8. The minimum atomic E-state index is -1.25. The minimum Gasteiger partial charge on any atom is -0.461 e. The molecule has 4 nitrogen and oxygen atoms in total. The molecule has 2 bridgehead atoms. The Bertz CT molecular complexity index is 1550. The molecule has 0 aromatic heterocycles. The van der Waals surface area contributed by atoms with Gasteiger partial charge in [-0.3, -0.25) is 0 Å². The molecule has 0 saturated heterocycles. The standard InChI is InChI=1S/C43H61N3OSi2/c1-9-10-11-16-42-17-20-43(21-18-42,22-19-42)40-28-35(39(29-44)45-2)27-36(47-40)13-12-32-25-37-33(30-48(3,4)5)14-23-46-24-15-34(31-49(6,7)8)38(26-32)41(37)46/h12-13,25-28,33-34H,9-11,14-24,30-31H2,1,3-8H3. The van der Waals surface area contributed by atoms with Crippen LogP contribution in [0.3, 0.4) is 0 Å². The summed E-state index contributed by atoms with van der Waals surface area (Å²) in [6.07, 6.45) is 23.5. The van der Waals surface area contributed by atoms with Crippen LogP contribution in [0.2, 0.25) is 51.4 Å². The highest BCUT2D eigenvalue weighted by Crippen LogP contribution is 2.62. The lowest BCUT2D eigenvalue weighted by molar-refractivity contribution is -0.0195. The van der Waals surface area contributed by atoms with Crippen molar-refractivity contribution in [3.8, 4) is 6.07 Å². The smallest absolute Gasteiger partial charge is 0.269 e. The van der Waals surface area contributed by atoms with Crippen LogP contribution in [-0.2, 0) is 4.74 Å². The molecule has 1 aromatic rings. The van der Waals surface area contributed by atoms with Gasteiger partial charge in [0.2, 0.25) is 0 Å². The molecule has 0 N–H and O–H groups in total. The van der Waals surface area contributed by atoms with Crippen molar-refractivity contribution in [3.63, 3.8) is 0 Å². The van der Waals surface area contributed by atoms with Crippen LogP contribution >= 0.6 is 0 Å². The number of rotatable bonds is 11. The lowest BCUT2D eigenvalue weighted by atomic mass is 9.52. The van der Waals surface area contributed by atoms with Gasteiger partial charge in [-0.15, -0.1) is 0 Å². The SMILES string of the molecule is [C-]#[N+]C(C#N)=C1C=C(C=Cc2cc3c4c(c2)C(C[Si](C)(C)C)CCN4CCC3C[Si](C)(C)C)OC(C23CCC(CCCCC)(CC2)CC3)=C1. The summed E-state index contributed by atoms with van der Waals surface area (Å²) in [5, 5.41) is 9.91. The molecule has 3 aliphatic carbocycles. The van der Waals surface area contributed by atoms with Gasteiger partial charge in [0.25, 0.3) is 5.70 Å². The van der Waals surface area contributed by atoms with Gasteiger partial charge in [0, 0.05) is 40.3 Å². The maximum absolute atomic E-state index is 9.91. The van der Waals surface area contributed by atoms with Crippen molar-refractivity contribution < 1.29 is 4.74 Å². The van der Waals surface area contributed by atoms with Crippen LogP contribution in [0.1, 0.15) is 112 Å². The van der Waals surface area contributed by atoms with E-state index < -0.39 is 16.1 Å². The highest BCUT2D eigenvalue weighted by atomic mass is 28.3. The number of anilines is 1. The fraction of sp³-hybridized carbons (Fsp3) is 0.628. The summed E-state index contributed by atoms with van der Waals surface area (Å²) in [5.74, 6) is 3.01. The molecule has 7 rings (SSSR count). The van der Waals surface area contributed by atoms with Crippen molar-refractivity contribution in [3.05, 3.63) is 81.3 Å². The highest BCUT2D eigenvalue weighted by molar-refractivity contribution is 6.76. The third-order valence-electron chi connectivity index (χ3n) is 12.6. The monoisotopic (exact) mass is 691 g/mol. The molecule has 6 aliphatic rings. The molecule has 3 fully saturated rings. The first-order valence-electron chi connectivity index (χ1n) is 19.5. The van der Waals surface area contributed by atoms with Crippen LogP contribution in [0, 0.1) is 28.7 Å². The Labute approximate surface area is 300 Å². The Morgan fingerprint density at radius 3 is 2.02 bits per heavy atom. The lowest BCUT2D eigenvalue weighted by Gasteiger charge is -2.54. The van der Waals surface area contributed by atoms with E-state index in [1.807, 2.05) is 12.2 Å². The zero-order chi connectivity index (χ0) is 35.0. The number of nitriles is 1. The molecule has 49 heavy (non-hydrogen) atoms. The molecular weight excluding hydrogens is 631 g/mol. The van der Waals surface area contributed by atoms with E-state index in [2.05, 4.69) is 86.3 Å². The van der Waals surface area contributed by atoms with Crippen molar-refractivity contribution in [2.45, 2.75) is 147 Å². The highest BCUT2D eigenvalue weighted by Gasteiger charge is 2.51. The predicted molar refractivity (Wildman–Crippen MR) is 212 cm³/mol. The van der Waals surface area contributed by atoms with Crippen molar-refractivity contribution in [2.24, 2.45) is 10.8 Å². The normalized spacial score (nSPS) is 29.0. The van der Waals surface area contributed by atoms with E-state index in [0.29, 0.717) is 22.8 Å². The Balaban J connectivity index is 1.33. The molecule has 0 amide bonds.